The molecular formula is C55H71F4N11O16S2. The molecule has 0 saturated heterocycles. The maximum atomic E-state index is 14.8. The lowest BCUT2D eigenvalue weighted by Gasteiger charge is -2.16. The van der Waals surface area contributed by atoms with Gasteiger partial charge in [-0.25, -0.2) is 43.8 Å². The summed E-state index contributed by atoms with van der Waals surface area (Å²) in [5, 5.41) is 5.40. The number of hydrogen-bond donors (Lipinski definition) is 8. The number of nitrogens with zero attached hydrogens (tertiary/aromatic N) is 3. The highest BCUT2D eigenvalue weighted by atomic mass is 32.2. The number of halogens is 4. The van der Waals surface area contributed by atoms with E-state index in [9.17, 15) is 53.6 Å². The monoisotopic (exact) mass is 1280 g/mol. The van der Waals surface area contributed by atoms with Gasteiger partial charge in [-0.2, -0.15) is 9.98 Å². The Bertz CT molecular complexity index is 3060. The molecule has 0 bridgehead atoms. The summed E-state index contributed by atoms with van der Waals surface area (Å²) in [4.78, 5) is 56.4. The van der Waals surface area contributed by atoms with Gasteiger partial charge in [-0.1, -0.05) is 0 Å². The van der Waals surface area contributed by atoms with Crippen molar-refractivity contribution in [2.24, 2.45) is 32.9 Å². The number of nitrogens with two attached hydrogens (primary N) is 4. The van der Waals surface area contributed by atoms with Crippen LogP contribution < -0.4 is 52.5 Å². The molecule has 4 amide bonds. The fourth-order valence-corrected chi connectivity index (χ4v) is 9.12. The van der Waals surface area contributed by atoms with Gasteiger partial charge in [0.1, 0.15) is 11.5 Å². The molecule has 0 saturated carbocycles. The SMILES string of the molecule is C/C(=C\c1cc(F)c(Oc2ccc(S(=O)(=O)NCCOCCOCCOCCNC(=O)CN(C)CC(=O)NCCOCCOCCOCCNS(=O)(=O)c3ccc(Oc4c(F)cc(/C=C(\C)C(=O)N=C(N)N)cc4F)cc3)cc2)c(F)c1)C(=O)N=C(N)N. The van der Waals surface area contributed by atoms with E-state index in [2.05, 4.69) is 30.1 Å². The molecule has 0 aliphatic heterocycles. The molecule has 0 radical (unpaired) electrons. The first-order valence-electron chi connectivity index (χ1n) is 26.7. The number of ether oxygens (including phenoxy) is 8. The van der Waals surface area contributed by atoms with Gasteiger partial charge in [0.15, 0.2) is 46.7 Å². The third-order valence-corrected chi connectivity index (χ3v) is 14.1. The number of hydrogen-bond acceptors (Lipinski definition) is 17. The van der Waals surface area contributed by atoms with E-state index in [1.165, 1.54) is 79.4 Å². The minimum Gasteiger partial charge on any atom is -0.451 e. The first-order chi connectivity index (χ1) is 41.8. The maximum absolute atomic E-state index is 14.8. The van der Waals surface area contributed by atoms with E-state index in [0.29, 0.717) is 0 Å². The quantitative estimate of drug-likeness (QED) is 0.0103. The number of guanidine groups is 2. The largest absolute Gasteiger partial charge is 0.451 e. The number of aliphatic imine (C=N–C) groups is 2. The van der Waals surface area contributed by atoms with Crippen LogP contribution in [-0.2, 0) is 67.6 Å². The third kappa shape index (κ3) is 27.4. The van der Waals surface area contributed by atoms with Crippen molar-refractivity contribution in [3.8, 4) is 23.0 Å². The number of amides is 4. The summed E-state index contributed by atoms with van der Waals surface area (Å²) in [5.41, 5.74) is 20.8. The zero-order valence-electron chi connectivity index (χ0n) is 48.3. The van der Waals surface area contributed by atoms with Crippen LogP contribution in [0.25, 0.3) is 12.2 Å². The lowest BCUT2D eigenvalue weighted by Crippen LogP contribution is -2.42. The molecular weight excluding hydrogens is 1210 g/mol. The Labute approximate surface area is 505 Å². The van der Waals surface area contributed by atoms with E-state index >= 15 is 0 Å². The first-order valence-corrected chi connectivity index (χ1v) is 29.7. The van der Waals surface area contributed by atoms with Gasteiger partial charge >= 0.3 is 0 Å². The second-order valence-corrected chi connectivity index (χ2v) is 22.0. The molecule has 0 aliphatic rings. The van der Waals surface area contributed by atoms with Gasteiger partial charge in [0.2, 0.25) is 31.9 Å². The summed E-state index contributed by atoms with van der Waals surface area (Å²) in [6.45, 7) is 5.13. The molecule has 33 heteroatoms. The average Bonchev–Trinajstić information content (AvgIpc) is 1.53. The molecule has 0 atom stereocenters. The Morgan fingerprint density at radius 1 is 0.477 bits per heavy atom. The molecule has 0 aromatic heterocycles. The number of carbonyl (C=O) groups excluding carboxylic acids is 4. The number of rotatable bonds is 40. The second kappa shape index (κ2) is 37.7. The molecule has 12 N–H and O–H groups in total. The molecule has 4 aromatic rings. The minimum absolute atomic E-state index is 0.00443. The van der Waals surface area contributed by atoms with E-state index in [4.69, 9.17) is 60.8 Å². The van der Waals surface area contributed by atoms with Crippen LogP contribution in [0.3, 0.4) is 0 Å². The van der Waals surface area contributed by atoms with Crippen molar-refractivity contribution in [3.63, 3.8) is 0 Å². The molecule has 4 rings (SSSR count). The van der Waals surface area contributed by atoms with Gasteiger partial charge in [0.05, 0.1) is 102 Å². The highest BCUT2D eigenvalue weighted by Crippen LogP contribution is 2.32. The summed E-state index contributed by atoms with van der Waals surface area (Å²) >= 11 is 0. The van der Waals surface area contributed by atoms with Crippen LogP contribution in [0.4, 0.5) is 17.6 Å². The number of carbonyl (C=O) groups is 4. The van der Waals surface area contributed by atoms with Crippen molar-refractivity contribution in [1.82, 2.24) is 25.0 Å². The van der Waals surface area contributed by atoms with Crippen LogP contribution >= 0.6 is 0 Å². The Hall–Kier alpha value is -7.96. The average molecular weight is 1280 g/mol. The fourth-order valence-electron chi connectivity index (χ4n) is 7.09. The summed E-state index contributed by atoms with van der Waals surface area (Å²) in [5.74, 6) is -9.06. The minimum atomic E-state index is -3.97. The van der Waals surface area contributed by atoms with Gasteiger partial charge in [-0.05, 0) is 117 Å². The molecule has 0 fully saturated rings. The van der Waals surface area contributed by atoms with E-state index in [1.54, 1.807) is 7.05 Å². The van der Waals surface area contributed by atoms with Crippen LogP contribution in [-0.4, -0.2) is 183 Å². The zero-order chi connectivity index (χ0) is 64.7. The summed E-state index contributed by atoms with van der Waals surface area (Å²) < 4.78 is 158. The first kappa shape index (κ1) is 72.5. The fraction of sp³-hybridized carbons (Fsp3) is 0.382. The lowest BCUT2D eigenvalue weighted by atomic mass is 10.1. The summed E-state index contributed by atoms with van der Waals surface area (Å²) in [6, 6.07) is 13.4. The van der Waals surface area contributed by atoms with Crippen molar-refractivity contribution < 1.29 is 91.5 Å². The van der Waals surface area contributed by atoms with Crippen molar-refractivity contribution in [2.75, 3.05) is 126 Å². The molecule has 27 nitrogen and oxygen atoms in total. The van der Waals surface area contributed by atoms with Gasteiger partial charge < -0.3 is 71.5 Å². The highest BCUT2D eigenvalue weighted by Gasteiger charge is 2.20. The highest BCUT2D eigenvalue weighted by molar-refractivity contribution is 7.89. The normalized spacial score (nSPS) is 12.0. The lowest BCUT2D eigenvalue weighted by molar-refractivity contribution is -0.125. The zero-order valence-corrected chi connectivity index (χ0v) is 50.0. The number of sulfonamides is 2. The molecule has 0 aliphatic carbocycles. The van der Waals surface area contributed by atoms with Gasteiger partial charge in [-0.15, -0.1) is 0 Å². The number of benzene rings is 4. The summed E-state index contributed by atoms with van der Waals surface area (Å²) in [7, 11) is -6.32. The summed E-state index contributed by atoms with van der Waals surface area (Å²) in [6.07, 6.45) is 2.37. The standard InChI is InChI=1S/C55H71F4N11O16S2/c1-36(52(73)68-54(60)61)28-38-30-44(56)50(45(57)31-38)85-40-4-8-42(9-5-40)87(75,76)66-14-18-81-22-26-83-24-20-79-16-12-64-48(71)34-70(3)35-49(72)65-13-17-80-21-25-84-27-23-82-19-15-67-88(77,78)43-10-6-41(7-11-43)86-51-46(58)32-39(33-47(51)59)29-37(2)53(74)69-55(62)63/h4-11,28-33,66-67H,12-27,34-35H2,1-3H3,(H,64,71)(H,65,72)(H4,60,61,68,73)(H4,62,63,69,74)/b36-28+,37-29+. The van der Waals surface area contributed by atoms with Crippen molar-refractivity contribution in [3.05, 3.63) is 118 Å². The smallest absolute Gasteiger partial charge is 0.275 e. The van der Waals surface area contributed by atoms with Crippen molar-refractivity contribution in [1.29, 1.82) is 0 Å². The van der Waals surface area contributed by atoms with Gasteiger partial charge in [-0.3, -0.25) is 24.1 Å². The molecule has 4 aromatic carbocycles. The van der Waals surface area contributed by atoms with Crippen LogP contribution in [0.15, 0.2) is 104 Å². The maximum Gasteiger partial charge on any atom is 0.275 e. The van der Waals surface area contributed by atoms with Gasteiger partial charge in [0.25, 0.3) is 11.8 Å². The van der Waals surface area contributed by atoms with E-state index < -0.39 is 78.5 Å². The van der Waals surface area contributed by atoms with Crippen molar-refractivity contribution in [2.45, 2.75) is 23.6 Å². The predicted octanol–water partition coefficient (Wildman–Crippen LogP) is 1.75. The Morgan fingerprint density at radius 2 is 0.761 bits per heavy atom. The van der Waals surface area contributed by atoms with Crippen LogP contribution in [0, 0.1) is 23.3 Å². The van der Waals surface area contributed by atoms with Gasteiger partial charge in [0, 0.05) is 37.3 Å². The molecule has 482 valence electrons. The topological polar surface area (TPSA) is 391 Å². The molecule has 0 spiro atoms. The van der Waals surface area contributed by atoms with E-state index in [0.717, 1.165) is 24.3 Å². The van der Waals surface area contributed by atoms with Crippen LogP contribution in [0.2, 0.25) is 0 Å². The predicted molar refractivity (Wildman–Crippen MR) is 313 cm³/mol. The molecule has 88 heavy (non-hydrogen) atoms. The van der Waals surface area contributed by atoms with Crippen LogP contribution in [0.1, 0.15) is 25.0 Å². The second-order valence-electron chi connectivity index (χ2n) is 18.5. The number of nitrogens with one attached hydrogen (secondary N) is 4. The molecule has 0 unspecified atom stereocenters. The Morgan fingerprint density at radius 3 is 1.06 bits per heavy atom. The Balaban J connectivity index is 0.927. The van der Waals surface area contributed by atoms with E-state index in [1.807, 2.05) is 0 Å². The van der Waals surface area contributed by atoms with E-state index in [-0.39, 0.29) is 174 Å². The molecule has 0 heterocycles. The third-order valence-electron chi connectivity index (χ3n) is 11.2. The Kier molecular flexibility index (Phi) is 31.0. The van der Waals surface area contributed by atoms with Crippen LogP contribution in [0.5, 0.6) is 23.0 Å². The van der Waals surface area contributed by atoms with Crippen molar-refractivity contribution >= 4 is 67.7 Å². The number of likely N-dealkylation sites (N-methyl/N-ethyl adjacent to an activating group) is 1.